The molecule has 1 saturated heterocycles. The van der Waals surface area contributed by atoms with Gasteiger partial charge in [0, 0.05) is 12.5 Å². The van der Waals surface area contributed by atoms with E-state index in [1.807, 2.05) is 0 Å². The molecule has 3 nitrogen and oxygen atoms in total. The summed E-state index contributed by atoms with van der Waals surface area (Å²) in [7, 11) is 1.75. The number of ether oxygens (including phenoxy) is 2. The lowest BCUT2D eigenvalue weighted by Crippen LogP contribution is -2.25. The Morgan fingerprint density at radius 3 is 2.34 bits per heavy atom. The SMILES string of the molecule is COc1ccc2c(c1)CC[C@@H](c1ccccc1)[C@@H]2c1ccc(OCCN2CCCC2)cc1. The van der Waals surface area contributed by atoms with E-state index >= 15 is 0 Å². The highest BCUT2D eigenvalue weighted by Crippen LogP contribution is 2.47. The molecule has 0 N–H and O–H groups in total. The topological polar surface area (TPSA) is 21.7 Å². The van der Waals surface area contributed by atoms with Crippen molar-refractivity contribution in [1.82, 2.24) is 4.90 Å². The highest BCUT2D eigenvalue weighted by Gasteiger charge is 2.32. The predicted octanol–water partition coefficient (Wildman–Crippen LogP) is 6.03. The summed E-state index contributed by atoms with van der Waals surface area (Å²) in [5, 5.41) is 0. The summed E-state index contributed by atoms with van der Waals surface area (Å²) in [6.07, 6.45) is 4.88. The normalized spacial score (nSPS) is 20.7. The molecule has 0 unspecified atom stereocenters. The van der Waals surface area contributed by atoms with E-state index in [4.69, 9.17) is 9.47 Å². The van der Waals surface area contributed by atoms with Crippen LogP contribution in [0.3, 0.4) is 0 Å². The van der Waals surface area contributed by atoms with Gasteiger partial charge in [-0.1, -0.05) is 48.5 Å². The van der Waals surface area contributed by atoms with Gasteiger partial charge in [-0.05, 0) is 91.2 Å². The number of methoxy groups -OCH3 is 1. The second-order valence-corrected chi connectivity index (χ2v) is 9.06. The summed E-state index contributed by atoms with van der Waals surface area (Å²) in [5.74, 6) is 2.72. The fourth-order valence-corrected chi connectivity index (χ4v) is 5.46. The van der Waals surface area contributed by atoms with Crippen molar-refractivity contribution in [3.8, 4) is 11.5 Å². The van der Waals surface area contributed by atoms with Crippen molar-refractivity contribution in [3.05, 3.63) is 95.1 Å². The molecule has 1 aliphatic carbocycles. The molecule has 2 aliphatic rings. The molecule has 0 bridgehead atoms. The van der Waals surface area contributed by atoms with Crippen LogP contribution in [0.25, 0.3) is 0 Å². The summed E-state index contributed by atoms with van der Waals surface area (Å²) < 4.78 is 11.6. The smallest absolute Gasteiger partial charge is 0.119 e. The third-order valence-corrected chi connectivity index (χ3v) is 7.15. The molecule has 0 aromatic heterocycles. The third kappa shape index (κ3) is 4.54. The molecule has 3 heteroatoms. The standard InChI is InChI=1S/C29H33NO2/c1-31-26-14-16-28-24(21-26)11-15-27(22-7-3-2-4-8-22)29(28)23-9-12-25(13-10-23)32-20-19-30-17-5-6-18-30/h2-4,7-10,12-14,16,21,27,29H,5-6,11,15,17-20H2,1H3/t27-,29-/m0/s1. The minimum atomic E-state index is 0.339. The van der Waals surface area contributed by atoms with Crippen LogP contribution in [0.1, 0.15) is 53.4 Å². The molecule has 2 atom stereocenters. The van der Waals surface area contributed by atoms with Crippen molar-refractivity contribution in [2.45, 2.75) is 37.5 Å². The van der Waals surface area contributed by atoms with Crippen molar-refractivity contribution < 1.29 is 9.47 Å². The molecule has 0 spiro atoms. The maximum Gasteiger partial charge on any atom is 0.119 e. The van der Waals surface area contributed by atoms with E-state index in [1.165, 1.54) is 48.2 Å². The summed E-state index contributed by atoms with van der Waals surface area (Å²) in [6.45, 7) is 4.22. The first-order valence-electron chi connectivity index (χ1n) is 12.0. The van der Waals surface area contributed by atoms with Crippen molar-refractivity contribution in [3.63, 3.8) is 0 Å². The van der Waals surface area contributed by atoms with Crippen LogP contribution in [0.4, 0.5) is 0 Å². The molecule has 0 saturated carbocycles. The van der Waals surface area contributed by atoms with Gasteiger partial charge in [0.15, 0.2) is 0 Å². The maximum absolute atomic E-state index is 6.06. The van der Waals surface area contributed by atoms with Gasteiger partial charge in [0.1, 0.15) is 18.1 Å². The molecule has 166 valence electrons. The number of nitrogens with zero attached hydrogens (tertiary/aromatic N) is 1. The molecular weight excluding hydrogens is 394 g/mol. The van der Waals surface area contributed by atoms with Gasteiger partial charge in [0.25, 0.3) is 0 Å². The van der Waals surface area contributed by atoms with Gasteiger partial charge in [-0.15, -0.1) is 0 Å². The maximum atomic E-state index is 6.06. The average molecular weight is 428 g/mol. The highest BCUT2D eigenvalue weighted by atomic mass is 16.5. The van der Waals surface area contributed by atoms with Crippen LogP contribution in [0.15, 0.2) is 72.8 Å². The molecule has 1 fully saturated rings. The zero-order chi connectivity index (χ0) is 21.8. The first-order valence-corrected chi connectivity index (χ1v) is 12.0. The van der Waals surface area contributed by atoms with E-state index in [-0.39, 0.29) is 0 Å². The molecule has 0 amide bonds. The van der Waals surface area contributed by atoms with E-state index < -0.39 is 0 Å². The van der Waals surface area contributed by atoms with E-state index in [9.17, 15) is 0 Å². The van der Waals surface area contributed by atoms with Gasteiger partial charge in [-0.2, -0.15) is 0 Å². The summed E-state index contributed by atoms with van der Waals surface area (Å²) in [4.78, 5) is 2.49. The fraction of sp³-hybridized carbons (Fsp3) is 0.379. The Hall–Kier alpha value is -2.78. The van der Waals surface area contributed by atoms with E-state index in [0.29, 0.717) is 11.8 Å². The molecular formula is C29H33NO2. The minimum absolute atomic E-state index is 0.339. The largest absolute Gasteiger partial charge is 0.497 e. The number of hydrogen-bond donors (Lipinski definition) is 0. The summed E-state index contributed by atoms with van der Waals surface area (Å²) in [5.41, 5.74) is 5.61. The lowest BCUT2D eigenvalue weighted by atomic mass is 9.69. The van der Waals surface area contributed by atoms with Gasteiger partial charge < -0.3 is 9.47 Å². The van der Waals surface area contributed by atoms with Crippen molar-refractivity contribution >= 4 is 0 Å². The van der Waals surface area contributed by atoms with Crippen LogP contribution in [-0.2, 0) is 6.42 Å². The Morgan fingerprint density at radius 2 is 1.59 bits per heavy atom. The van der Waals surface area contributed by atoms with Crippen LogP contribution in [0, 0.1) is 0 Å². The summed E-state index contributed by atoms with van der Waals surface area (Å²) in [6, 6.07) is 26.4. The van der Waals surface area contributed by atoms with Crippen LogP contribution >= 0.6 is 0 Å². The van der Waals surface area contributed by atoms with Crippen molar-refractivity contribution in [2.24, 2.45) is 0 Å². The number of aryl methyl sites for hydroxylation is 1. The fourth-order valence-electron chi connectivity index (χ4n) is 5.46. The minimum Gasteiger partial charge on any atom is -0.497 e. The Bertz CT molecular complexity index is 1010. The zero-order valence-electron chi connectivity index (χ0n) is 19.0. The molecule has 32 heavy (non-hydrogen) atoms. The van der Waals surface area contributed by atoms with Gasteiger partial charge in [-0.3, -0.25) is 4.90 Å². The van der Waals surface area contributed by atoms with Crippen LogP contribution in [0.5, 0.6) is 11.5 Å². The Morgan fingerprint density at radius 1 is 0.844 bits per heavy atom. The zero-order valence-corrected chi connectivity index (χ0v) is 19.0. The number of hydrogen-bond acceptors (Lipinski definition) is 3. The first-order chi connectivity index (χ1) is 15.8. The Balaban J connectivity index is 1.39. The lowest BCUT2D eigenvalue weighted by molar-refractivity contribution is 0.237. The molecule has 5 rings (SSSR count). The number of fused-ring (bicyclic) bond motifs is 1. The van der Waals surface area contributed by atoms with E-state index in [2.05, 4.69) is 77.7 Å². The third-order valence-electron chi connectivity index (χ3n) is 7.15. The molecule has 1 aliphatic heterocycles. The van der Waals surface area contributed by atoms with Crippen LogP contribution in [0.2, 0.25) is 0 Å². The second-order valence-electron chi connectivity index (χ2n) is 9.06. The molecule has 3 aromatic carbocycles. The van der Waals surface area contributed by atoms with Gasteiger partial charge >= 0.3 is 0 Å². The van der Waals surface area contributed by atoms with E-state index in [1.54, 1.807) is 7.11 Å². The van der Waals surface area contributed by atoms with Crippen LogP contribution in [-0.4, -0.2) is 38.3 Å². The van der Waals surface area contributed by atoms with Crippen molar-refractivity contribution in [2.75, 3.05) is 33.4 Å². The second kappa shape index (κ2) is 9.79. The first kappa shape index (κ1) is 21.1. The van der Waals surface area contributed by atoms with Gasteiger partial charge in [-0.25, -0.2) is 0 Å². The number of benzene rings is 3. The molecule has 1 heterocycles. The lowest BCUT2D eigenvalue weighted by Gasteiger charge is -2.35. The van der Waals surface area contributed by atoms with E-state index in [0.717, 1.165) is 37.5 Å². The Labute approximate surface area is 192 Å². The van der Waals surface area contributed by atoms with Crippen molar-refractivity contribution in [1.29, 1.82) is 0 Å². The molecule has 0 radical (unpaired) electrons. The quantitative estimate of drug-likeness (QED) is 0.459. The monoisotopic (exact) mass is 427 g/mol. The average Bonchev–Trinajstić information content (AvgIpc) is 3.37. The van der Waals surface area contributed by atoms with Gasteiger partial charge in [0.05, 0.1) is 7.11 Å². The summed E-state index contributed by atoms with van der Waals surface area (Å²) >= 11 is 0. The Kier molecular flexibility index (Phi) is 6.45. The number of rotatable bonds is 7. The highest BCUT2D eigenvalue weighted by molar-refractivity contribution is 5.48. The van der Waals surface area contributed by atoms with Crippen LogP contribution < -0.4 is 9.47 Å². The number of likely N-dealkylation sites (tertiary alicyclic amines) is 1. The molecule has 3 aromatic rings. The predicted molar refractivity (Wildman–Crippen MR) is 130 cm³/mol. The van der Waals surface area contributed by atoms with Gasteiger partial charge in [0.2, 0.25) is 0 Å².